The van der Waals surface area contributed by atoms with E-state index in [1.54, 1.807) is 0 Å². The number of hydrogen-bond donors (Lipinski definition) is 1. The summed E-state index contributed by atoms with van der Waals surface area (Å²) in [5.74, 6) is 0. The Morgan fingerprint density at radius 2 is 1.77 bits per heavy atom. The van der Waals surface area contributed by atoms with Crippen LogP contribution in [0.25, 0.3) is 0 Å². The number of rotatable bonds is 0. The van der Waals surface area contributed by atoms with E-state index in [1.807, 2.05) is 0 Å². The average Bonchev–Trinajstić information content (AvgIpc) is 1.80. The second-order valence-corrected chi connectivity index (χ2v) is 9.45. The summed E-state index contributed by atoms with van der Waals surface area (Å²) in [6.07, 6.45) is -5.33. The molecule has 1 rings (SSSR count). The van der Waals surface area contributed by atoms with Crippen LogP contribution in [0.15, 0.2) is 0 Å². The molecule has 80 valence electrons. The van der Waals surface area contributed by atoms with Crippen LogP contribution in [0.1, 0.15) is 0 Å². The van der Waals surface area contributed by atoms with Gasteiger partial charge >= 0.3 is 90.6 Å². The van der Waals surface area contributed by atoms with Gasteiger partial charge in [0.1, 0.15) is 0 Å². The van der Waals surface area contributed by atoms with Gasteiger partial charge in [-0.1, -0.05) is 0 Å². The van der Waals surface area contributed by atoms with Gasteiger partial charge in [0.2, 0.25) is 0 Å². The van der Waals surface area contributed by atoms with Gasteiger partial charge < -0.3 is 0 Å². The zero-order chi connectivity index (χ0) is 10.5. The minimum atomic E-state index is -4.79. The monoisotopic (exact) mass is 352 g/mol. The van der Waals surface area contributed by atoms with E-state index >= 15 is 0 Å². The quantitative estimate of drug-likeness (QED) is 0.414. The summed E-state index contributed by atoms with van der Waals surface area (Å²) in [7, 11) is 0. The van der Waals surface area contributed by atoms with Gasteiger partial charge in [-0.25, -0.2) is 0 Å². The van der Waals surface area contributed by atoms with Crippen molar-refractivity contribution in [2.75, 3.05) is 6.66 Å². The normalized spacial score (nSPS) is 52.1. The van der Waals surface area contributed by atoms with E-state index < -0.39 is 23.0 Å². The molecule has 9 heteroatoms. The summed E-state index contributed by atoms with van der Waals surface area (Å²) in [5, 5.41) is 0. The Bertz CT molecular complexity index is 214. The maximum absolute atomic E-state index is 13.0. The Morgan fingerprint density at radius 3 is 2.08 bits per heavy atom. The molecule has 2 unspecified atom stereocenters. The summed E-state index contributed by atoms with van der Waals surface area (Å²) in [6.45, 7) is -4.00. The molecule has 1 N–H and O–H groups in total. The van der Waals surface area contributed by atoms with Crippen LogP contribution in [0.2, 0.25) is 0 Å². The van der Waals surface area contributed by atoms with Crippen LogP contribution in [0.4, 0.5) is 13.2 Å². The molecular weight excluding hydrogens is 346 g/mol. The fourth-order valence-electron chi connectivity index (χ4n) is 0.682. The van der Waals surface area contributed by atoms with Crippen molar-refractivity contribution < 1.29 is 27.1 Å². The zero-order valence-corrected chi connectivity index (χ0v) is 10.1. The van der Waals surface area contributed by atoms with Crippen LogP contribution in [-0.4, -0.2) is 27.9 Å². The van der Waals surface area contributed by atoms with Crippen molar-refractivity contribution in [2.45, 2.75) is 16.4 Å². The van der Waals surface area contributed by atoms with E-state index in [4.69, 9.17) is 11.2 Å². The molecule has 0 amide bonds. The van der Waals surface area contributed by atoms with Crippen molar-refractivity contribution in [1.82, 2.24) is 0 Å². The third kappa shape index (κ3) is 2.57. The fourth-order valence-corrected chi connectivity index (χ4v) is 2.94. The summed E-state index contributed by atoms with van der Waals surface area (Å²) >= 11 is 6.09. The summed E-state index contributed by atoms with van der Waals surface area (Å²) < 4.78 is 43.8. The van der Waals surface area contributed by atoms with Gasteiger partial charge in [-0.2, -0.15) is 0 Å². The molecule has 1 aliphatic heterocycles. The molecule has 0 aromatic heterocycles. The topological polar surface area (TPSA) is 38.7 Å². The fraction of sp³-hybridized carbons (Fsp3) is 1.00. The molecule has 1 fully saturated rings. The third-order valence-electron chi connectivity index (χ3n) is 1.26. The van der Waals surface area contributed by atoms with Crippen molar-refractivity contribution in [1.29, 1.82) is 0 Å². The van der Waals surface area contributed by atoms with E-state index in [0.29, 0.717) is 0 Å². The molecule has 0 saturated carbocycles. The zero-order valence-electron chi connectivity index (χ0n) is 6.26. The van der Waals surface area contributed by atoms with Crippen molar-refractivity contribution in [3.63, 3.8) is 0 Å². The number of halogens is 5. The SMILES string of the molecule is CP1(O)(Cl)OC(F)C(F)(I)C(F)O1. The van der Waals surface area contributed by atoms with E-state index in [1.165, 1.54) is 0 Å². The van der Waals surface area contributed by atoms with Crippen LogP contribution < -0.4 is 0 Å². The second-order valence-electron chi connectivity index (χ2n) is 2.70. The Balaban J connectivity index is 2.93. The predicted octanol–water partition coefficient (Wildman–Crippen LogP) is 2.80. The summed E-state index contributed by atoms with van der Waals surface area (Å²) in [5.41, 5.74) is 0. The van der Waals surface area contributed by atoms with Gasteiger partial charge in [-0.05, 0) is 0 Å². The predicted molar refractivity (Wildman–Crippen MR) is 50.7 cm³/mol. The second kappa shape index (κ2) is 3.05. The standard InChI is InChI=1S/C4H6ClF3IO3P/c1-13(5,10)11-2(6)4(8,9)3(7)12-13/h2-3,10H,1H3. The van der Waals surface area contributed by atoms with Gasteiger partial charge in [0, 0.05) is 0 Å². The van der Waals surface area contributed by atoms with Gasteiger partial charge in [0.15, 0.2) is 0 Å². The van der Waals surface area contributed by atoms with Gasteiger partial charge in [0.25, 0.3) is 0 Å². The van der Waals surface area contributed by atoms with E-state index in [9.17, 15) is 18.1 Å². The maximum atomic E-state index is 13.0. The van der Waals surface area contributed by atoms with Gasteiger partial charge in [-0.3, -0.25) is 0 Å². The molecule has 0 radical (unpaired) electrons. The molecule has 3 nitrogen and oxygen atoms in total. The molecule has 13 heavy (non-hydrogen) atoms. The molecule has 0 bridgehead atoms. The molecule has 1 aliphatic rings. The first-order valence-electron chi connectivity index (χ1n) is 3.04. The van der Waals surface area contributed by atoms with Crippen LogP contribution in [0.3, 0.4) is 0 Å². The third-order valence-corrected chi connectivity index (χ3v) is 4.03. The number of hydrogen-bond acceptors (Lipinski definition) is 3. The summed E-state index contributed by atoms with van der Waals surface area (Å²) in [4.78, 5) is 9.21. The van der Waals surface area contributed by atoms with Crippen LogP contribution in [0.5, 0.6) is 0 Å². The van der Waals surface area contributed by atoms with Gasteiger partial charge in [0.05, 0.1) is 0 Å². The molecule has 0 aliphatic carbocycles. The molecule has 0 aromatic rings. The van der Waals surface area contributed by atoms with E-state index in [2.05, 4.69) is 9.05 Å². The van der Waals surface area contributed by atoms with Crippen molar-refractivity contribution in [3.8, 4) is 0 Å². The average molecular weight is 352 g/mol. The Morgan fingerprint density at radius 1 is 1.46 bits per heavy atom. The first-order chi connectivity index (χ1) is 5.52. The Hall–Kier alpha value is 1.12. The van der Waals surface area contributed by atoms with Crippen LogP contribution in [0, 0.1) is 0 Å². The molecule has 1 heterocycles. The molecule has 2 atom stereocenters. The van der Waals surface area contributed by atoms with Crippen molar-refractivity contribution in [2.24, 2.45) is 0 Å². The molecule has 0 spiro atoms. The molecule has 1 saturated heterocycles. The Labute approximate surface area is 90.6 Å². The van der Waals surface area contributed by atoms with E-state index in [0.717, 1.165) is 29.3 Å². The number of alkyl halides is 4. The van der Waals surface area contributed by atoms with Crippen molar-refractivity contribution >= 4 is 40.5 Å². The minimum absolute atomic E-state index is 0.790. The summed E-state index contributed by atoms with van der Waals surface area (Å²) in [6, 6.07) is 0. The van der Waals surface area contributed by atoms with Gasteiger partial charge in [-0.15, -0.1) is 0 Å². The Kier molecular flexibility index (Phi) is 2.86. The first kappa shape index (κ1) is 12.2. The van der Waals surface area contributed by atoms with Crippen molar-refractivity contribution in [3.05, 3.63) is 0 Å². The first-order valence-corrected chi connectivity index (χ1v) is 7.50. The van der Waals surface area contributed by atoms with Crippen LogP contribution >= 0.6 is 40.5 Å². The molecular formula is C4H6ClF3IO3P. The van der Waals surface area contributed by atoms with E-state index in [-0.39, 0.29) is 0 Å². The van der Waals surface area contributed by atoms with Crippen LogP contribution in [-0.2, 0) is 9.05 Å². The molecule has 0 aromatic carbocycles.